The topological polar surface area (TPSA) is 104 Å². The normalized spacial score (nSPS) is 17.7. The summed E-state index contributed by atoms with van der Waals surface area (Å²) in [6.45, 7) is 0. The van der Waals surface area contributed by atoms with E-state index in [1.807, 2.05) is 0 Å². The number of carbonyl (C=O) groups is 2. The summed E-state index contributed by atoms with van der Waals surface area (Å²) in [5.74, 6) is -0.188. The number of nitrogens with zero attached hydrogens (tertiary/aromatic N) is 3. The van der Waals surface area contributed by atoms with Gasteiger partial charge in [-0.1, -0.05) is 40.9 Å². The maximum atomic E-state index is 12.6. The molecule has 4 rings (SSSR count). The van der Waals surface area contributed by atoms with Crippen molar-refractivity contribution in [2.45, 2.75) is 44.6 Å². The van der Waals surface area contributed by atoms with Crippen molar-refractivity contribution in [1.82, 2.24) is 15.2 Å². The Kier molecular flexibility index (Phi) is 8.26. The van der Waals surface area contributed by atoms with Crippen LogP contribution in [0.1, 0.15) is 53.4 Å². The van der Waals surface area contributed by atoms with Crippen molar-refractivity contribution in [3.8, 4) is 5.88 Å². The first-order chi connectivity index (χ1) is 16.8. The number of ketones is 1. The Labute approximate surface area is 216 Å². The first kappa shape index (κ1) is 25.4. The fourth-order valence-electron chi connectivity index (χ4n) is 3.92. The average Bonchev–Trinajstić information content (AvgIpc) is 3.31. The van der Waals surface area contributed by atoms with Gasteiger partial charge in [0.05, 0.1) is 19.4 Å². The van der Waals surface area contributed by atoms with Crippen LogP contribution in [0.2, 0.25) is 15.1 Å². The maximum absolute atomic E-state index is 12.6. The number of halogens is 3. The summed E-state index contributed by atoms with van der Waals surface area (Å²) in [6, 6.07) is 6.73. The number of pyridine rings is 1. The Hall–Kier alpha value is -2.68. The van der Waals surface area contributed by atoms with Gasteiger partial charge in [0, 0.05) is 22.7 Å². The number of ether oxygens (including phenoxy) is 2. The number of esters is 1. The smallest absolute Gasteiger partial charge is 0.308 e. The zero-order chi connectivity index (χ0) is 24.9. The zero-order valence-corrected chi connectivity index (χ0v) is 21.1. The van der Waals surface area contributed by atoms with Crippen LogP contribution in [0.25, 0.3) is 0 Å². The summed E-state index contributed by atoms with van der Waals surface area (Å²) in [6.07, 6.45) is 4.51. The zero-order valence-electron chi connectivity index (χ0n) is 18.8. The molecule has 0 N–H and O–H groups in total. The van der Waals surface area contributed by atoms with Gasteiger partial charge in [0.25, 0.3) is 5.89 Å². The highest BCUT2D eigenvalue weighted by atomic mass is 35.5. The van der Waals surface area contributed by atoms with E-state index in [0.717, 1.165) is 5.56 Å². The van der Waals surface area contributed by atoms with Crippen LogP contribution in [0.3, 0.4) is 0 Å². The van der Waals surface area contributed by atoms with Gasteiger partial charge in [-0.15, -0.1) is 10.2 Å². The number of aromatic nitrogens is 3. The predicted octanol–water partition coefficient (Wildman–Crippen LogP) is 5.55. The van der Waals surface area contributed by atoms with Crippen LogP contribution in [0, 0.1) is 5.92 Å². The van der Waals surface area contributed by atoms with E-state index in [1.165, 1.54) is 13.3 Å². The number of hydrogen-bond acceptors (Lipinski definition) is 8. The lowest BCUT2D eigenvalue weighted by atomic mass is 9.87. The standard InChI is InChI=1S/C24H22Cl3N3O5/c1-33-24(32)14-3-6-17(7-4-14)34-22-19(27)8-13(12-28-22)9-20(31)23-30-29-21(35-23)10-15-2-5-16(25)11-18(15)26/h2,5,8,11-12,14,17H,3-4,6-7,9-10H2,1H3. The first-order valence-electron chi connectivity index (χ1n) is 11.0. The van der Waals surface area contributed by atoms with Gasteiger partial charge in [-0.3, -0.25) is 9.59 Å². The van der Waals surface area contributed by atoms with Crippen LogP contribution >= 0.6 is 34.8 Å². The summed E-state index contributed by atoms with van der Waals surface area (Å²) in [4.78, 5) is 28.6. The van der Waals surface area contributed by atoms with Gasteiger partial charge in [0.1, 0.15) is 11.1 Å². The molecule has 0 bridgehead atoms. The number of rotatable bonds is 8. The molecule has 0 saturated heterocycles. The molecular formula is C24H22Cl3N3O5. The molecule has 1 aliphatic rings. The summed E-state index contributed by atoms with van der Waals surface area (Å²) >= 11 is 18.4. The molecule has 3 aromatic rings. The Bertz CT molecular complexity index is 1220. The lowest BCUT2D eigenvalue weighted by Gasteiger charge is -2.27. The Balaban J connectivity index is 1.33. The van der Waals surface area contributed by atoms with E-state index in [9.17, 15) is 9.59 Å². The van der Waals surface area contributed by atoms with Gasteiger partial charge in [-0.25, -0.2) is 4.98 Å². The second kappa shape index (κ2) is 11.4. The second-order valence-corrected chi connectivity index (χ2v) is 9.51. The van der Waals surface area contributed by atoms with E-state index < -0.39 is 0 Å². The molecule has 11 heteroatoms. The molecular weight excluding hydrogens is 517 g/mol. The van der Waals surface area contributed by atoms with Crippen molar-refractivity contribution in [3.05, 3.63) is 68.4 Å². The molecule has 0 radical (unpaired) electrons. The van der Waals surface area contributed by atoms with E-state index >= 15 is 0 Å². The monoisotopic (exact) mass is 537 g/mol. The number of hydrogen-bond donors (Lipinski definition) is 0. The molecule has 0 unspecified atom stereocenters. The van der Waals surface area contributed by atoms with Crippen molar-refractivity contribution in [2.24, 2.45) is 5.92 Å². The van der Waals surface area contributed by atoms with Gasteiger partial charge >= 0.3 is 5.97 Å². The molecule has 2 aromatic heterocycles. The highest BCUT2D eigenvalue weighted by molar-refractivity contribution is 6.35. The molecule has 0 spiro atoms. The average molecular weight is 539 g/mol. The van der Waals surface area contributed by atoms with Crippen molar-refractivity contribution in [3.63, 3.8) is 0 Å². The molecule has 184 valence electrons. The molecule has 0 amide bonds. The lowest BCUT2D eigenvalue weighted by Crippen LogP contribution is -2.28. The fourth-order valence-corrected chi connectivity index (χ4v) is 4.62. The van der Waals surface area contributed by atoms with Gasteiger partial charge in [0.15, 0.2) is 0 Å². The van der Waals surface area contributed by atoms with Crippen molar-refractivity contribution in [1.29, 1.82) is 0 Å². The largest absolute Gasteiger partial charge is 0.473 e. The van der Waals surface area contributed by atoms with Crippen LogP contribution in [0.15, 0.2) is 34.9 Å². The third-order valence-corrected chi connectivity index (χ3v) is 6.64. The summed E-state index contributed by atoms with van der Waals surface area (Å²) < 4.78 is 16.3. The predicted molar refractivity (Wildman–Crippen MR) is 129 cm³/mol. The second-order valence-electron chi connectivity index (χ2n) is 8.26. The van der Waals surface area contributed by atoms with Crippen LogP contribution in [0.4, 0.5) is 0 Å². The highest BCUT2D eigenvalue weighted by Gasteiger charge is 2.28. The van der Waals surface area contributed by atoms with E-state index in [1.54, 1.807) is 24.3 Å². The summed E-state index contributed by atoms with van der Waals surface area (Å²) in [5, 5.41) is 9.09. The summed E-state index contributed by atoms with van der Waals surface area (Å²) in [5.41, 5.74) is 1.34. The molecule has 8 nitrogen and oxygen atoms in total. The van der Waals surface area contributed by atoms with Crippen LogP contribution < -0.4 is 4.74 Å². The quantitative estimate of drug-likeness (QED) is 0.271. The molecule has 35 heavy (non-hydrogen) atoms. The van der Waals surface area contributed by atoms with E-state index in [0.29, 0.717) is 52.2 Å². The van der Waals surface area contributed by atoms with Gasteiger partial charge in [-0.05, 0) is 55.0 Å². The number of Topliss-reactive ketones (excluding diaryl/α,β-unsaturated/α-hetero) is 1. The van der Waals surface area contributed by atoms with Crippen LogP contribution in [-0.2, 0) is 22.4 Å². The Morgan fingerprint density at radius 1 is 1.06 bits per heavy atom. The highest BCUT2D eigenvalue weighted by Crippen LogP contribution is 2.31. The minimum absolute atomic E-state index is 0.0133. The van der Waals surface area contributed by atoms with Crippen molar-refractivity contribution < 1.29 is 23.5 Å². The Morgan fingerprint density at radius 2 is 1.83 bits per heavy atom. The SMILES string of the molecule is COC(=O)C1CCC(Oc2ncc(CC(=O)c3nnc(Cc4ccc(Cl)cc4Cl)o3)cc2Cl)CC1. The third-order valence-electron chi connectivity index (χ3n) is 5.78. The number of benzene rings is 1. The molecule has 1 aliphatic carbocycles. The van der Waals surface area contributed by atoms with Gasteiger partial charge < -0.3 is 13.9 Å². The Morgan fingerprint density at radius 3 is 2.51 bits per heavy atom. The molecule has 1 fully saturated rings. The van der Waals surface area contributed by atoms with Crippen molar-refractivity contribution >= 4 is 46.6 Å². The maximum Gasteiger partial charge on any atom is 0.308 e. The fraction of sp³-hybridized carbons (Fsp3) is 0.375. The minimum Gasteiger partial charge on any atom is -0.473 e. The molecule has 0 aliphatic heterocycles. The number of methoxy groups -OCH3 is 1. The molecule has 2 heterocycles. The van der Waals surface area contributed by atoms with Crippen LogP contribution in [-0.4, -0.2) is 40.1 Å². The third kappa shape index (κ3) is 6.51. The lowest BCUT2D eigenvalue weighted by molar-refractivity contribution is -0.147. The number of carbonyl (C=O) groups excluding carboxylic acids is 2. The van der Waals surface area contributed by atoms with E-state index in [4.69, 9.17) is 48.7 Å². The summed E-state index contributed by atoms with van der Waals surface area (Å²) in [7, 11) is 1.40. The van der Waals surface area contributed by atoms with Gasteiger partial charge in [-0.2, -0.15) is 0 Å². The van der Waals surface area contributed by atoms with Crippen molar-refractivity contribution in [2.75, 3.05) is 7.11 Å². The molecule has 1 aromatic carbocycles. The molecule has 0 atom stereocenters. The van der Waals surface area contributed by atoms with Gasteiger partial charge in [0.2, 0.25) is 17.6 Å². The van der Waals surface area contributed by atoms with Crippen LogP contribution in [0.5, 0.6) is 5.88 Å². The minimum atomic E-state index is -0.362. The first-order valence-corrected chi connectivity index (χ1v) is 12.1. The molecule has 1 saturated carbocycles. The van der Waals surface area contributed by atoms with E-state index in [2.05, 4.69) is 15.2 Å². The van der Waals surface area contributed by atoms with E-state index in [-0.39, 0.29) is 48.4 Å².